The average molecular weight is 268 g/mol. The molecular weight excluding hydrogens is 254 g/mol. The molecule has 1 aliphatic heterocycles. The van der Waals surface area contributed by atoms with Crippen LogP contribution in [0.4, 0.5) is 5.82 Å². The van der Waals surface area contributed by atoms with E-state index in [9.17, 15) is 0 Å². The van der Waals surface area contributed by atoms with Crippen molar-refractivity contribution in [3.8, 4) is 0 Å². The largest absolute Gasteiger partial charge is 0.372 e. The molecule has 6 nitrogen and oxygen atoms in total. The Kier molecular flexibility index (Phi) is 3.05. The van der Waals surface area contributed by atoms with Crippen LogP contribution in [0.25, 0.3) is 11.0 Å². The van der Waals surface area contributed by atoms with Gasteiger partial charge in [0.05, 0.1) is 11.6 Å². The number of ether oxygens (including phenoxy) is 1. The Labute approximate surface area is 109 Å². The standard InChI is InChI=1S/C11H14ClN5O/c1-13-9-7-6-14-17(8-4-2-3-5-18-8)10(7)16-11(12)15-9/h6,8H,2-5H2,1H3,(H,13,15,16). The number of hydrogen-bond donors (Lipinski definition) is 1. The predicted octanol–water partition coefficient (Wildman–Crippen LogP) is 2.22. The lowest BCUT2D eigenvalue weighted by atomic mass is 10.2. The van der Waals surface area contributed by atoms with Crippen LogP contribution in [0.1, 0.15) is 25.5 Å². The molecule has 1 saturated heterocycles. The molecule has 1 fully saturated rings. The van der Waals surface area contributed by atoms with Crippen LogP contribution in [-0.4, -0.2) is 33.4 Å². The second-order valence-corrected chi connectivity index (χ2v) is 4.58. The van der Waals surface area contributed by atoms with Crippen LogP contribution in [-0.2, 0) is 4.74 Å². The monoisotopic (exact) mass is 267 g/mol. The Hall–Kier alpha value is -1.40. The summed E-state index contributed by atoms with van der Waals surface area (Å²) < 4.78 is 7.51. The number of hydrogen-bond acceptors (Lipinski definition) is 5. The molecule has 18 heavy (non-hydrogen) atoms. The van der Waals surface area contributed by atoms with Gasteiger partial charge < -0.3 is 10.1 Å². The van der Waals surface area contributed by atoms with Crippen LogP contribution in [0, 0.1) is 0 Å². The van der Waals surface area contributed by atoms with E-state index in [0.717, 1.165) is 31.3 Å². The summed E-state index contributed by atoms with van der Waals surface area (Å²) in [4.78, 5) is 8.38. The third kappa shape index (κ3) is 1.91. The molecule has 0 aliphatic carbocycles. The molecule has 3 heterocycles. The molecule has 0 aromatic carbocycles. The minimum absolute atomic E-state index is 0.0491. The summed E-state index contributed by atoms with van der Waals surface area (Å²) >= 11 is 5.93. The number of fused-ring (bicyclic) bond motifs is 1. The van der Waals surface area contributed by atoms with Gasteiger partial charge in [0.25, 0.3) is 0 Å². The van der Waals surface area contributed by atoms with E-state index in [1.807, 2.05) is 0 Å². The first kappa shape index (κ1) is 11.7. The predicted molar refractivity (Wildman–Crippen MR) is 68.7 cm³/mol. The van der Waals surface area contributed by atoms with Crippen molar-refractivity contribution >= 4 is 28.5 Å². The Bertz CT molecular complexity index is 564. The maximum absolute atomic E-state index is 5.93. The fraction of sp³-hybridized carbons (Fsp3) is 0.545. The summed E-state index contributed by atoms with van der Waals surface area (Å²) in [6, 6.07) is 0. The molecule has 7 heteroatoms. The minimum atomic E-state index is -0.0491. The van der Waals surface area contributed by atoms with Crippen LogP contribution in [0.3, 0.4) is 0 Å². The quantitative estimate of drug-likeness (QED) is 0.845. The van der Waals surface area contributed by atoms with Crippen molar-refractivity contribution in [1.82, 2.24) is 19.7 Å². The van der Waals surface area contributed by atoms with Gasteiger partial charge in [-0.3, -0.25) is 0 Å². The Morgan fingerprint density at radius 3 is 3.06 bits per heavy atom. The van der Waals surface area contributed by atoms with E-state index in [4.69, 9.17) is 16.3 Å². The second-order valence-electron chi connectivity index (χ2n) is 4.24. The molecule has 1 N–H and O–H groups in total. The van der Waals surface area contributed by atoms with E-state index in [1.165, 1.54) is 0 Å². The zero-order valence-electron chi connectivity index (χ0n) is 10.1. The number of anilines is 1. The van der Waals surface area contributed by atoms with E-state index >= 15 is 0 Å². The van der Waals surface area contributed by atoms with Crippen LogP contribution >= 0.6 is 11.6 Å². The van der Waals surface area contributed by atoms with Crippen LogP contribution < -0.4 is 5.32 Å². The van der Waals surface area contributed by atoms with Gasteiger partial charge in [-0.15, -0.1) is 0 Å². The first-order valence-corrected chi connectivity index (χ1v) is 6.37. The fourth-order valence-electron chi connectivity index (χ4n) is 2.22. The zero-order valence-corrected chi connectivity index (χ0v) is 10.8. The molecule has 2 aromatic heterocycles. The maximum Gasteiger partial charge on any atom is 0.226 e. The molecule has 96 valence electrons. The number of rotatable bonds is 2. The molecule has 0 bridgehead atoms. The summed E-state index contributed by atoms with van der Waals surface area (Å²) in [7, 11) is 1.80. The molecule has 1 unspecified atom stereocenters. The highest BCUT2D eigenvalue weighted by atomic mass is 35.5. The lowest BCUT2D eigenvalue weighted by molar-refractivity contribution is -0.0370. The van der Waals surface area contributed by atoms with Gasteiger partial charge in [0.2, 0.25) is 5.28 Å². The van der Waals surface area contributed by atoms with Gasteiger partial charge in [-0.05, 0) is 30.9 Å². The van der Waals surface area contributed by atoms with E-state index < -0.39 is 0 Å². The van der Waals surface area contributed by atoms with Crippen molar-refractivity contribution in [3.63, 3.8) is 0 Å². The Morgan fingerprint density at radius 1 is 1.44 bits per heavy atom. The van der Waals surface area contributed by atoms with Crippen LogP contribution in [0.2, 0.25) is 5.28 Å². The summed E-state index contributed by atoms with van der Waals surface area (Å²) in [6.45, 7) is 0.768. The van der Waals surface area contributed by atoms with Crippen molar-refractivity contribution < 1.29 is 4.74 Å². The van der Waals surface area contributed by atoms with Crippen LogP contribution in [0.15, 0.2) is 6.20 Å². The zero-order chi connectivity index (χ0) is 12.5. The SMILES string of the molecule is CNc1nc(Cl)nc2c1cnn2C1CCCCO1. The highest BCUT2D eigenvalue weighted by Crippen LogP contribution is 2.28. The molecule has 2 aromatic rings. The topological polar surface area (TPSA) is 64.9 Å². The third-order valence-corrected chi connectivity index (χ3v) is 3.26. The summed E-state index contributed by atoms with van der Waals surface area (Å²) in [6.07, 6.45) is 4.89. The molecule has 0 amide bonds. The van der Waals surface area contributed by atoms with Gasteiger partial charge in [-0.1, -0.05) is 0 Å². The first-order valence-electron chi connectivity index (χ1n) is 5.99. The lowest BCUT2D eigenvalue weighted by Crippen LogP contribution is -2.19. The van der Waals surface area contributed by atoms with Gasteiger partial charge in [0, 0.05) is 13.7 Å². The van der Waals surface area contributed by atoms with E-state index in [-0.39, 0.29) is 11.5 Å². The van der Waals surface area contributed by atoms with Gasteiger partial charge in [0.1, 0.15) is 5.82 Å². The first-order chi connectivity index (χ1) is 8.79. The van der Waals surface area contributed by atoms with E-state index in [1.54, 1.807) is 17.9 Å². The molecular formula is C11H14ClN5O. The molecule has 0 saturated carbocycles. The van der Waals surface area contributed by atoms with Gasteiger partial charge in [-0.25, -0.2) is 9.67 Å². The minimum Gasteiger partial charge on any atom is -0.372 e. The summed E-state index contributed by atoms with van der Waals surface area (Å²) in [5.41, 5.74) is 0.714. The van der Waals surface area contributed by atoms with E-state index in [0.29, 0.717) is 11.5 Å². The van der Waals surface area contributed by atoms with Gasteiger partial charge in [0.15, 0.2) is 11.9 Å². The number of halogens is 1. The normalized spacial score (nSPS) is 20.2. The molecule has 3 rings (SSSR count). The van der Waals surface area contributed by atoms with Crippen LogP contribution in [0.5, 0.6) is 0 Å². The molecule has 1 atom stereocenters. The number of nitrogens with zero attached hydrogens (tertiary/aromatic N) is 4. The molecule has 1 aliphatic rings. The molecule has 0 spiro atoms. The van der Waals surface area contributed by atoms with Crippen molar-refractivity contribution in [3.05, 3.63) is 11.5 Å². The summed E-state index contributed by atoms with van der Waals surface area (Å²) in [5, 5.41) is 8.43. The van der Waals surface area contributed by atoms with Crippen molar-refractivity contribution in [1.29, 1.82) is 0 Å². The smallest absolute Gasteiger partial charge is 0.226 e. The lowest BCUT2D eigenvalue weighted by Gasteiger charge is -2.23. The van der Waals surface area contributed by atoms with E-state index in [2.05, 4.69) is 20.4 Å². The van der Waals surface area contributed by atoms with Crippen molar-refractivity contribution in [2.24, 2.45) is 0 Å². The average Bonchev–Trinajstić information content (AvgIpc) is 2.82. The summed E-state index contributed by atoms with van der Waals surface area (Å²) in [5.74, 6) is 0.687. The molecule has 0 radical (unpaired) electrons. The highest BCUT2D eigenvalue weighted by Gasteiger charge is 2.20. The maximum atomic E-state index is 5.93. The van der Waals surface area contributed by atoms with Crippen molar-refractivity contribution in [2.75, 3.05) is 19.0 Å². The Balaban J connectivity index is 2.10. The third-order valence-electron chi connectivity index (χ3n) is 3.09. The Morgan fingerprint density at radius 2 is 2.33 bits per heavy atom. The number of aromatic nitrogens is 4. The highest BCUT2D eigenvalue weighted by molar-refractivity contribution is 6.28. The fourth-order valence-corrected chi connectivity index (χ4v) is 2.38. The van der Waals surface area contributed by atoms with Crippen molar-refractivity contribution in [2.45, 2.75) is 25.5 Å². The second kappa shape index (κ2) is 4.70. The van der Waals surface area contributed by atoms with Gasteiger partial charge >= 0.3 is 0 Å². The number of nitrogens with one attached hydrogen (secondary N) is 1. The van der Waals surface area contributed by atoms with Gasteiger partial charge in [-0.2, -0.15) is 10.1 Å².